The Morgan fingerprint density at radius 2 is 2.11 bits per heavy atom. The number of ether oxygens (including phenoxy) is 1. The summed E-state index contributed by atoms with van der Waals surface area (Å²) in [7, 11) is 3.04. The zero-order chi connectivity index (χ0) is 14.4. The van der Waals surface area contributed by atoms with Gasteiger partial charge >= 0.3 is 5.97 Å². The summed E-state index contributed by atoms with van der Waals surface area (Å²) in [5, 5.41) is 11.8. The molecule has 7 heteroatoms. The van der Waals surface area contributed by atoms with Gasteiger partial charge in [-0.05, 0) is 12.8 Å². The number of rotatable bonds is 3. The molecule has 0 amide bonds. The van der Waals surface area contributed by atoms with Crippen molar-refractivity contribution < 1.29 is 9.53 Å². The van der Waals surface area contributed by atoms with E-state index in [1.165, 1.54) is 7.11 Å². The van der Waals surface area contributed by atoms with Crippen LogP contribution >= 0.6 is 12.2 Å². The van der Waals surface area contributed by atoms with Crippen molar-refractivity contribution in [3.05, 3.63) is 11.4 Å². The summed E-state index contributed by atoms with van der Waals surface area (Å²) in [6.07, 6.45) is 1.33. The van der Waals surface area contributed by atoms with Crippen LogP contribution in [-0.2, 0) is 9.53 Å². The minimum atomic E-state index is -0.187. The van der Waals surface area contributed by atoms with Crippen LogP contribution in [0.15, 0.2) is 11.4 Å². The lowest BCUT2D eigenvalue weighted by molar-refractivity contribution is -0.146. The number of hydrogen-bond donors (Lipinski definition) is 2. The molecular formula is C12H18N4O2S. The molecule has 0 spiro atoms. The third-order valence-electron chi connectivity index (χ3n) is 3.19. The first-order valence-corrected chi connectivity index (χ1v) is 6.40. The zero-order valence-electron chi connectivity index (χ0n) is 11.1. The highest BCUT2D eigenvalue weighted by atomic mass is 32.1. The second-order valence-corrected chi connectivity index (χ2v) is 4.64. The van der Waals surface area contributed by atoms with E-state index in [4.69, 9.17) is 28.0 Å². The molecule has 104 valence electrons. The molecule has 19 heavy (non-hydrogen) atoms. The van der Waals surface area contributed by atoms with E-state index in [1.54, 1.807) is 7.05 Å². The lowest BCUT2D eigenvalue weighted by atomic mass is 9.97. The van der Waals surface area contributed by atoms with Crippen molar-refractivity contribution in [3.8, 4) is 6.07 Å². The summed E-state index contributed by atoms with van der Waals surface area (Å²) in [4.78, 5) is 13.6. The molecule has 1 fully saturated rings. The monoisotopic (exact) mass is 282 g/mol. The van der Waals surface area contributed by atoms with E-state index in [1.807, 2.05) is 11.0 Å². The predicted octanol–water partition coefficient (Wildman–Crippen LogP) is 0.112. The second-order valence-electron chi connectivity index (χ2n) is 4.24. The Bertz CT molecular complexity index is 434. The number of likely N-dealkylation sites (tertiary alicyclic amines) is 1. The molecule has 0 aromatic rings. The van der Waals surface area contributed by atoms with Gasteiger partial charge < -0.3 is 20.7 Å². The highest BCUT2D eigenvalue weighted by molar-refractivity contribution is 7.80. The first kappa shape index (κ1) is 15.2. The number of carbonyl (C=O) groups is 1. The maximum atomic E-state index is 11.4. The van der Waals surface area contributed by atoms with E-state index in [0.717, 1.165) is 0 Å². The summed E-state index contributed by atoms with van der Waals surface area (Å²) >= 11 is 5.03. The van der Waals surface area contributed by atoms with Gasteiger partial charge in [0.05, 0.1) is 13.0 Å². The fourth-order valence-corrected chi connectivity index (χ4v) is 2.18. The highest BCUT2D eigenvalue weighted by Gasteiger charge is 2.27. The summed E-state index contributed by atoms with van der Waals surface area (Å²) in [5.41, 5.74) is 6.25. The molecule has 0 saturated carbocycles. The topological polar surface area (TPSA) is 91.4 Å². The maximum absolute atomic E-state index is 11.4. The van der Waals surface area contributed by atoms with Crippen LogP contribution in [0.1, 0.15) is 12.8 Å². The summed E-state index contributed by atoms with van der Waals surface area (Å²) < 4.78 is 4.73. The number of nitrogens with one attached hydrogen (secondary N) is 1. The molecule has 6 nitrogen and oxygen atoms in total. The first-order valence-electron chi connectivity index (χ1n) is 5.99. The molecule has 1 aliphatic heterocycles. The van der Waals surface area contributed by atoms with Crippen molar-refractivity contribution in [2.24, 2.45) is 11.7 Å². The summed E-state index contributed by atoms with van der Waals surface area (Å²) in [6, 6.07) is 2.01. The number of piperidine rings is 1. The van der Waals surface area contributed by atoms with E-state index >= 15 is 0 Å². The molecule has 0 aliphatic carbocycles. The lowest BCUT2D eigenvalue weighted by Gasteiger charge is -2.32. The van der Waals surface area contributed by atoms with E-state index in [2.05, 4.69) is 5.32 Å². The smallest absolute Gasteiger partial charge is 0.308 e. The van der Waals surface area contributed by atoms with Crippen molar-refractivity contribution in [2.75, 3.05) is 27.2 Å². The molecule has 0 aromatic carbocycles. The van der Waals surface area contributed by atoms with Crippen molar-refractivity contribution in [1.29, 1.82) is 5.26 Å². The molecular weight excluding hydrogens is 264 g/mol. The molecule has 1 aliphatic rings. The molecule has 0 bridgehead atoms. The number of likely N-dealkylation sites (N-methyl/N-ethyl adjacent to an activating group) is 1. The van der Waals surface area contributed by atoms with Crippen molar-refractivity contribution in [1.82, 2.24) is 10.2 Å². The van der Waals surface area contributed by atoms with Gasteiger partial charge in [0.2, 0.25) is 0 Å². The third-order valence-corrected chi connectivity index (χ3v) is 3.60. The van der Waals surface area contributed by atoms with Gasteiger partial charge in [0.15, 0.2) is 0 Å². The van der Waals surface area contributed by atoms with Gasteiger partial charge in [-0.15, -0.1) is 0 Å². The Morgan fingerprint density at radius 1 is 1.53 bits per heavy atom. The van der Waals surface area contributed by atoms with Crippen LogP contribution in [0.2, 0.25) is 0 Å². The SMILES string of the molecule is CNC(=S)C(C#N)=C(N)N1CCC(C(=O)OC)CC1. The zero-order valence-corrected chi connectivity index (χ0v) is 11.9. The number of nitriles is 1. The highest BCUT2D eigenvalue weighted by Crippen LogP contribution is 2.21. The van der Waals surface area contributed by atoms with E-state index < -0.39 is 0 Å². The van der Waals surface area contributed by atoms with Crippen LogP contribution < -0.4 is 11.1 Å². The number of esters is 1. The number of nitrogens with zero attached hydrogens (tertiary/aromatic N) is 2. The van der Waals surface area contributed by atoms with E-state index in [9.17, 15) is 4.79 Å². The summed E-state index contributed by atoms with van der Waals surface area (Å²) in [5.74, 6) is 0.0921. The molecule has 3 N–H and O–H groups in total. The van der Waals surface area contributed by atoms with Crippen LogP contribution in [0.25, 0.3) is 0 Å². The Hall–Kier alpha value is -1.81. The van der Waals surface area contributed by atoms with Gasteiger partial charge in [0, 0.05) is 20.1 Å². The quantitative estimate of drug-likeness (QED) is 0.328. The van der Waals surface area contributed by atoms with Crippen LogP contribution in [-0.4, -0.2) is 43.1 Å². The van der Waals surface area contributed by atoms with Gasteiger partial charge in [0.1, 0.15) is 22.5 Å². The van der Waals surface area contributed by atoms with Gasteiger partial charge in [-0.1, -0.05) is 12.2 Å². The minimum Gasteiger partial charge on any atom is -0.469 e. The molecule has 1 rings (SSSR count). The minimum absolute atomic E-state index is 0.0872. The fourth-order valence-electron chi connectivity index (χ4n) is 2.03. The predicted molar refractivity (Wildman–Crippen MR) is 74.8 cm³/mol. The Labute approximate surface area is 118 Å². The van der Waals surface area contributed by atoms with Crippen LogP contribution in [0, 0.1) is 17.2 Å². The largest absolute Gasteiger partial charge is 0.469 e. The van der Waals surface area contributed by atoms with Crippen molar-refractivity contribution >= 4 is 23.2 Å². The average molecular weight is 282 g/mol. The summed E-state index contributed by atoms with van der Waals surface area (Å²) in [6.45, 7) is 1.23. The Balaban J connectivity index is 2.74. The molecule has 1 heterocycles. The van der Waals surface area contributed by atoms with Gasteiger partial charge in [0.25, 0.3) is 0 Å². The number of carbonyl (C=O) groups excluding carboxylic acids is 1. The van der Waals surface area contributed by atoms with Crippen molar-refractivity contribution in [2.45, 2.75) is 12.8 Å². The van der Waals surface area contributed by atoms with Crippen LogP contribution in [0.5, 0.6) is 0 Å². The molecule has 1 saturated heterocycles. The molecule has 0 radical (unpaired) electrons. The first-order chi connectivity index (χ1) is 9.04. The Kier molecular flexibility index (Phi) is 5.57. The van der Waals surface area contributed by atoms with Crippen LogP contribution in [0.4, 0.5) is 0 Å². The third kappa shape index (κ3) is 3.58. The van der Waals surface area contributed by atoms with Gasteiger partial charge in [-0.3, -0.25) is 4.79 Å². The van der Waals surface area contributed by atoms with E-state index in [-0.39, 0.29) is 17.5 Å². The Morgan fingerprint density at radius 3 is 2.53 bits per heavy atom. The van der Waals surface area contributed by atoms with E-state index in [0.29, 0.717) is 36.7 Å². The van der Waals surface area contributed by atoms with Crippen molar-refractivity contribution in [3.63, 3.8) is 0 Å². The number of thiocarbonyl (C=S) groups is 1. The fraction of sp³-hybridized carbons (Fsp3) is 0.583. The average Bonchev–Trinajstić information content (AvgIpc) is 2.46. The lowest BCUT2D eigenvalue weighted by Crippen LogP contribution is -2.40. The normalized spacial score (nSPS) is 17.2. The number of nitrogens with two attached hydrogens (primary N) is 1. The molecule has 0 atom stereocenters. The number of methoxy groups -OCH3 is 1. The second kappa shape index (κ2) is 6.95. The van der Waals surface area contributed by atoms with Gasteiger partial charge in [-0.25, -0.2) is 0 Å². The standard InChI is InChI=1S/C12H18N4O2S/c1-15-11(19)9(7-13)10(14)16-5-3-8(4-6-16)12(17)18-2/h8H,3-6,14H2,1-2H3,(H,15,19). The maximum Gasteiger partial charge on any atom is 0.308 e. The van der Waals surface area contributed by atoms with Crippen LogP contribution in [0.3, 0.4) is 0 Å². The number of hydrogen-bond acceptors (Lipinski definition) is 6. The molecule has 0 aromatic heterocycles. The molecule has 0 unspecified atom stereocenters. The van der Waals surface area contributed by atoms with Gasteiger partial charge in [-0.2, -0.15) is 5.26 Å².